The molecule has 0 aliphatic carbocycles. The topological polar surface area (TPSA) is 26.3 Å². The summed E-state index contributed by atoms with van der Waals surface area (Å²) in [6, 6.07) is 4.46. The van der Waals surface area contributed by atoms with Crippen molar-refractivity contribution in [2.75, 3.05) is 13.2 Å². The van der Waals surface area contributed by atoms with Gasteiger partial charge in [0.15, 0.2) is 5.78 Å². The number of carbonyl (C=O) groups excluding carboxylic acids is 1. The number of hydrogen-bond acceptors (Lipinski definition) is 2. The lowest BCUT2D eigenvalue weighted by Gasteiger charge is -2.06. The summed E-state index contributed by atoms with van der Waals surface area (Å²) in [7, 11) is 0. The minimum atomic E-state index is -0.403. The predicted molar refractivity (Wildman–Crippen MR) is 57.4 cm³/mol. The highest BCUT2D eigenvalue weighted by molar-refractivity contribution is 9.10. The molecule has 0 saturated carbocycles. The van der Waals surface area contributed by atoms with Crippen LogP contribution in [0.2, 0.25) is 0 Å². The largest absolute Gasteiger partial charge is 0.381 e. The van der Waals surface area contributed by atoms with Crippen LogP contribution in [0.1, 0.15) is 16.8 Å². The van der Waals surface area contributed by atoms with Crippen LogP contribution in [0.15, 0.2) is 22.7 Å². The number of ether oxygens (including phenoxy) is 1. The molecule has 1 aromatic carbocycles. The number of benzene rings is 1. The van der Waals surface area contributed by atoms with Crippen molar-refractivity contribution in [1.82, 2.24) is 0 Å². The van der Waals surface area contributed by atoms with Gasteiger partial charge < -0.3 is 4.74 Å². The maximum Gasteiger partial charge on any atom is 0.168 e. The molecule has 1 fully saturated rings. The van der Waals surface area contributed by atoms with E-state index < -0.39 is 5.82 Å². The standard InChI is InChI=1S/C11H10BrFO2/c12-9-2-1-7(5-10(9)13)11(14)8-3-4-15-6-8/h1-2,5,8H,3-4,6H2. The van der Waals surface area contributed by atoms with Crippen LogP contribution in [0.5, 0.6) is 0 Å². The lowest BCUT2D eigenvalue weighted by Crippen LogP contribution is -2.14. The van der Waals surface area contributed by atoms with E-state index in [1.807, 2.05) is 0 Å². The number of rotatable bonds is 2. The summed E-state index contributed by atoms with van der Waals surface area (Å²) < 4.78 is 18.7. The van der Waals surface area contributed by atoms with Crippen molar-refractivity contribution in [2.24, 2.45) is 5.92 Å². The minimum Gasteiger partial charge on any atom is -0.381 e. The molecular weight excluding hydrogens is 263 g/mol. The summed E-state index contributed by atoms with van der Waals surface area (Å²) in [4.78, 5) is 11.8. The summed E-state index contributed by atoms with van der Waals surface area (Å²) in [6.07, 6.45) is 0.733. The van der Waals surface area contributed by atoms with Crippen LogP contribution in [-0.4, -0.2) is 19.0 Å². The van der Waals surface area contributed by atoms with Gasteiger partial charge in [0.1, 0.15) is 5.82 Å². The molecule has 0 radical (unpaired) electrons. The highest BCUT2D eigenvalue weighted by Gasteiger charge is 2.24. The van der Waals surface area contributed by atoms with Gasteiger partial charge >= 0.3 is 0 Å². The number of halogens is 2. The molecule has 1 heterocycles. The molecule has 1 saturated heterocycles. The Bertz CT molecular complexity index is 386. The Morgan fingerprint density at radius 2 is 2.33 bits per heavy atom. The van der Waals surface area contributed by atoms with Crippen molar-refractivity contribution >= 4 is 21.7 Å². The van der Waals surface area contributed by atoms with Gasteiger partial charge in [-0.25, -0.2) is 4.39 Å². The van der Waals surface area contributed by atoms with Gasteiger partial charge in [0.25, 0.3) is 0 Å². The molecule has 0 bridgehead atoms. The average Bonchev–Trinajstić information content (AvgIpc) is 2.74. The Kier molecular flexibility index (Phi) is 3.17. The summed E-state index contributed by atoms with van der Waals surface area (Å²) in [5.74, 6) is -0.538. The monoisotopic (exact) mass is 272 g/mol. The van der Waals surface area contributed by atoms with Crippen molar-refractivity contribution in [1.29, 1.82) is 0 Å². The first-order valence-corrected chi connectivity index (χ1v) is 5.55. The summed E-state index contributed by atoms with van der Waals surface area (Å²) >= 11 is 3.05. The Labute approximate surface area is 95.6 Å². The fraction of sp³-hybridized carbons (Fsp3) is 0.364. The van der Waals surface area contributed by atoms with Crippen molar-refractivity contribution in [3.63, 3.8) is 0 Å². The zero-order valence-corrected chi connectivity index (χ0v) is 9.59. The molecule has 0 amide bonds. The number of ketones is 1. The summed E-state index contributed by atoms with van der Waals surface area (Å²) in [5.41, 5.74) is 0.422. The number of hydrogen-bond donors (Lipinski definition) is 0. The third-order valence-electron chi connectivity index (χ3n) is 2.50. The number of Topliss-reactive ketones (excluding diaryl/α,β-unsaturated/α-hetero) is 1. The predicted octanol–water partition coefficient (Wildman–Crippen LogP) is 2.81. The Balaban J connectivity index is 2.21. The van der Waals surface area contributed by atoms with Crippen LogP contribution in [0.25, 0.3) is 0 Å². The molecule has 1 aromatic rings. The highest BCUT2D eigenvalue weighted by Crippen LogP contribution is 2.22. The van der Waals surface area contributed by atoms with E-state index in [0.717, 1.165) is 6.42 Å². The van der Waals surface area contributed by atoms with Crippen LogP contribution in [0, 0.1) is 11.7 Å². The molecule has 2 nitrogen and oxygen atoms in total. The Hall–Kier alpha value is -0.740. The third-order valence-corrected chi connectivity index (χ3v) is 3.15. The Morgan fingerprint density at radius 3 is 2.93 bits per heavy atom. The number of carbonyl (C=O) groups is 1. The van der Waals surface area contributed by atoms with Gasteiger partial charge in [-0.1, -0.05) is 6.07 Å². The molecule has 1 atom stereocenters. The van der Waals surface area contributed by atoms with Crippen LogP contribution in [0.3, 0.4) is 0 Å². The summed E-state index contributed by atoms with van der Waals surface area (Å²) in [6.45, 7) is 1.08. The zero-order chi connectivity index (χ0) is 10.8. The smallest absolute Gasteiger partial charge is 0.168 e. The van der Waals surface area contributed by atoms with Crippen molar-refractivity contribution in [2.45, 2.75) is 6.42 Å². The molecule has 1 aliphatic rings. The Morgan fingerprint density at radius 1 is 1.53 bits per heavy atom. The van der Waals surface area contributed by atoms with E-state index in [2.05, 4.69) is 15.9 Å². The normalized spacial score (nSPS) is 20.5. The van der Waals surface area contributed by atoms with Crippen LogP contribution in [-0.2, 0) is 4.74 Å². The van der Waals surface area contributed by atoms with Gasteiger partial charge in [0.05, 0.1) is 11.1 Å². The van der Waals surface area contributed by atoms with Crippen LogP contribution < -0.4 is 0 Å². The van der Waals surface area contributed by atoms with Gasteiger partial charge in [-0.2, -0.15) is 0 Å². The van der Waals surface area contributed by atoms with E-state index in [1.54, 1.807) is 12.1 Å². The highest BCUT2D eigenvalue weighted by atomic mass is 79.9. The molecule has 2 rings (SSSR count). The first-order valence-electron chi connectivity index (χ1n) is 4.75. The molecular formula is C11H10BrFO2. The molecule has 0 spiro atoms. The van der Waals surface area contributed by atoms with Crippen molar-refractivity contribution in [3.8, 4) is 0 Å². The van der Waals surface area contributed by atoms with Crippen molar-refractivity contribution < 1.29 is 13.9 Å². The van der Waals surface area contributed by atoms with E-state index in [0.29, 0.717) is 23.2 Å². The molecule has 80 valence electrons. The fourth-order valence-corrected chi connectivity index (χ4v) is 1.87. The first kappa shape index (κ1) is 10.8. The lowest BCUT2D eigenvalue weighted by atomic mass is 9.97. The van der Waals surface area contributed by atoms with E-state index >= 15 is 0 Å². The molecule has 1 unspecified atom stereocenters. The molecule has 1 aliphatic heterocycles. The molecule has 4 heteroatoms. The quantitative estimate of drug-likeness (QED) is 0.774. The van der Waals surface area contributed by atoms with E-state index in [-0.39, 0.29) is 11.7 Å². The fourth-order valence-electron chi connectivity index (χ4n) is 1.63. The second kappa shape index (κ2) is 4.41. The maximum absolute atomic E-state index is 13.2. The zero-order valence-electron chi connectivity index (χ0n) is 8.00. The third kappa shape index (κ3) is 2.26. The SMILES string of the molecule is O=C(c1ccc(Br)c(F)c1)C1CCOC1. The van der Waals surface area contributed by atoms with E-state index in [1.165, 1.54) is 6.07 Å². The average molecular weight is 273 g/mol. The lowest BCUT2D eigenvalue weighted by molar-refractivity contribution is 0.0900. The summed E-state index contributed by atoms with van der Waals surface area (Å²) in [5, 5.41) is 0. The van der Waals surface area contributed by atoms with Gasteiger partial charge in [-0.3, -0.25) is 4.79 Å². The van der Waals surface area contributed by atoms with Crippen LogP contribution >= 0.6 is 15.9 Å². The minimum absolute atomic E-state index is 0.0288. The second-order valence-electron chi connectivity index (χ2n) is 3.55. The van der Waals surface area contributed by atoms with Gasteiger partial charge in [0.2, 0.25) is 0 Å². The second-order valence-corrected chi connectivity index (χ2v) is 4.41. The van der Waals surface area contributed by atoms with E-state index in [9.17, 15) is 9.18 Å². The maximum atomic E-state index is 13.2. The van der Waals surface area contributed by atoms with Crippen LogP contribution in [0.4, 0.5) is 4.39 Å². The van der Waals surface area contributed by atoms with Gasteiger partial charge in [-0.15, -0.1) is 0 Å². The first-order chi connectivity index (χ1) is 7.18. The molecule has 0 N–H and O–H groups in total. The molecule has 15 heavy (non-hydrogen) atoms. The van der Waals surface area contributed by atoms with Gasteiger partial charge in [-0.05, 0) is 34.5 Å². The van der Waals surface area contributed by atoms with Gasteiger partial charge in [0, 0.05) is 18.1 Å². The molecule has 0 aromatic heterocycles. The van der Waals surface area contributed by atoms with E-state index in [4.69, 9.17) is 4.74 Å². The van der Waals surface area contributed by atoms with Crippen molar-refractivity contribution in [3.05, 3.63) is 34.1 Å².